The molecule has 10 heteroatoms. The number of sulfonamides is 1. The predicted molar refractivity (Wildman–Crippen MR) is 111 cm³/mol. The van der Waals surface area contributed by atoms with Crippen LogP contribution in [0.25, 0.3) is 10.2 Å². The van der Waals surface area contributed by atoms with E-state index in [0.29, 0.717) is 43.1 Å². The van der Waals surface area contributed by atoms with Gasteiger partial charge in [-0.05, 0) is 38.0 Å². The van der Waals surface area contributed by atoms with Crippen molar-refractivity contribution in [2.75, 3.05) is 32.8 Å². The smallest absolute Gasteiger partial charge is 0.308 e. The van der Waals surface area contributed by atoms with Crippen LogP contribution >= 0.6 is 11.3 Å². The highest BCUT2D eigenvalue weighted by atomic mass is 32.2. The number of amides is 1. The number of hydrogen-bond acceptors (Lipinski definition) is 6. The first-order valence-electron chi connectivity index (χ1n) is 9.88. The zero-order valence-corrected chi connectivity index (χ0v) is 18.0. The third-order valence-corrected chi connectivity index (χ3v) is 8.60. The maximum absolute atomic E-state index is 13.1. The van der Waals surface area contributed by atoms with Crippen molar-refractivity contribution in [3.63, 3.8) is 0 Å². The summed E-state index contributed by atoms with van der Waals surface area (Å²) in [5.41, 5.74) is 0.590. The standard InChI is InChI=1S/C19H25N3O5S2/c1-14-4-2-3-7-22(14)29(25,26)15-5-6-16-17(12-15)28-19(24)21(16)13-18(23)20-8-10-27-11-9-20/h5-6,12,14H,2-4,7-11,13H2,1H3/t14-/m1/s1. The zero-order chi connectivity index (χ0) is 20.6. The molecule has 0 bridgehead atoms. The van der Waals surface area contributed by atoms with E-state index < -0.39 is 10.0 Å². The van der Waals surface area contributed by atoms with Crippen LogP contribution in [0.4, 0.5) is 0 Å². The number of piperidine rings is 1. The Hall–Kier alpha value is -1.75. The highest BCUT2D eigenvalue weighted by molar-refractivity contribution is 7.89. The molecule has 4 rings (SSSR count). The fourth-order valence-electron chi connectivity index (χ4n) is 3.97. The maximum Gasteiger partial charge on any atom is 0.308 e. The van der Waals surface area contributed by atoms with Crippen LogP contribution in [0.1, 0.15) is 26.2 Å². The van der Waals surface area contributed by atoms with Crippen LogP contribution < -0.4 is 4.87 Å². The van der Waals surface area contributed by atoms with Gasteiger partial charge in [0.15, 0.2) is 0 Å². The number of hydrogen-bond donors (Lipinski definition) is 0. The average Bonchev–Trinajstić information content (AvgIpc) is 3.03. The SMILES string of the molecule is C[C@@H]1CCCCN1S(=O)(=O)c1ccc2c(c1)sc(=O)n2CC(=O)N1CCOCC1. The van der Waals surface area contributed by atoms with Crippen LogP contribution in [-0.4, -0.2) is 67.0 Å². The number of carbonyl (C=O) groups is 1. The minimum atomic E-state index is -3.61. The van der Waals surface area contributed by atoms with E-state index >= 15 is 0 Å². The molecule has 2 aliphatic heterocycles. The monoisotopic (exact) mass is 439 g/mol. The number of thiazole rings is 1. The number of benzene rings is 1. The minimum absolute atomic E-state index is 0.0288. The molecule has 0 spiro atoms. The summed E-state index contributed by atoms with van der Waals surface area (Å²) in [6.45, 7) is 4.45. The van der Waals surface area contributed by atoms with E-state index in [2.05, 4.69) is 0 Å². The van der Waals surface area contributed by atoms with E-state index in [1.165, 1.54) is 4.57 Å². The van der Waals surface area contributed by atoms with Crippen molar-refractivity contribution in [1.82, 2.24) is 13.8 Å². The van der Waals surface area contributed by atoms with E-state index in [9.17, 15) is 18.0 Å². The Kier molecular flexibility index (Phi) is 5.78. The van der Waals surface area contributed by atoms with Crippen LogP contribution in [-0.2, 0) is 26.1 Å². The van der Waals surface area contributed by atoms with E-state index in [0.717, 1.165) is 30.6 Å². The normalized spacial score (nSPS) is 21.6. The summed E-state index contributed by atoms with van der Waals surface area (Å²) in [5.74, 6) is -0.131. The Bertz CT molecular complexity index is 1070. The number of carbonyl (C=O) groups excluding carboxylic acids is 1. The molecular weight excluding hydrogens is 414 g/mol. The largest absolute Gasteiger partial charge is 0.378 e. The molecule has 0 saturated carbocycles. The minimum Gasteiger partial charge on any atom is -0.378 e. The van der Waals surface area contributed by atoms with Crippen molar-refractivity contribution in [1.29, 1.82) is 0 Å². The summed E-state index contributed by atoms with van der Waals surface area (Å²) in [7, 11) is -3.61. The summed E-state index contributed by atoms with van der Waals surface area (Å²) in [5, 5.41) is 0. The summed E-state index contributed by atoms with van der Waals surface area (Å²) in [4.78, 5) is 26.7. The van der Waals surface area contributed by atoms with Gasteiger partial charge >= 0.3 is 4.87 Å². The Balaban J connectivity index is 1.62. The van der Waals surface area contributed by atoms with Crippen LogP contribution in [0.5, 0.6) is 0 Å². The van der Waals surface area contributed by atoms with Gasteiger partial charge in [-0.1, -0.05) is 17.8 Å². The molecule has 2 saturated heterocycles. The molecule has 0 N–H and O–H groups in total. The quantitative estimate of drug-likeness (QED) is 0.720. The van der Waals surface area contributed by atoms with Crippen molar-refractivity contribution >= 4 is 37.5 Å². The van der Waals surface area contributed by atoms with Crippen molar-refractivity contribution in [3.8, 4) is 0 Å². The number of morpholine rings is 1. The van der Waals surface area contributed by atoms with Gasteiger partial charge in [-0.3, -0.25) is 14.2 Å². The highest BCUT2D eigenvalue weighted by Crippen LogP contribution is 2.28. The second kappa shape index (κ2) is 8.17. The molecule has 29 heavy (non-hydrogen) atoms. The van der Waals surface area contributed by atoms with Crippen LogP contribution in [0.15, 0.2) is 27.9 Å². The molecule has 2 fully saturated rings. The van der Waals surface area contributed by atoms with E-state index in [4.69, 9.17) is 4.74 Å². The fourth-order valence-corrected chi connectivity index (χ4v) is 6.70. The van der Waals surface area contributed by atoms with Crippen LogP contribution in [0.2, 0.25) is 0 Å². The Morgan fingerprint density at radius 3 is 2.69 bits per heavy atom. The average molecular weight is 440 g/mol. The lowest BCUT2D eigenvalue weighted by Gasteiger charge is -2.32. The lowest BCUT2D eigenvalue weighted by atomic mass is 10.1. The lowest BCUT2D eigenvalue weighted by molar-refractivity contribution is -0.135. The molecular formula is C19H25N3O5S2. The molecule has 1 amide bonds. The van der Waals surface area contributed by atoms with Crippen molar-refractivity contribution < 1.29 is 17.9 Å². The third-order valence-electron chi connectivity index (χ3n) is 5.65. The molecule has 1 atom stereocenters. The number of fused-ring (bicyclic) bond motifs is 1. The van der Waals surface area contributed by atoms with Gasteiger partial charge in [-0.2, -0.15) is 4.31 Å². The van der Waals surface area contributed by atoms with Gasteiger partial charge in [0.1, 0.15) is 6.54 Å². The van der Waals surface area contributed by atoms with Gasteiger partial charge in [-0.25, -0.2) is 8.42 Å². The molecule has 3 heterocycles. The molecule has 1 aromatic carbocycles. The number of ether oxygens (including phenoxy) is 1. The lowest BCUT2D eigenvalue weighted by Crippen LogP contribution is -2.43. The van der Waals surface area contributed by atoms with E-state index in [1.807, 2.05) is 6.92 Å². The molecule has 1 aromatic heterocycles. The van der Waals surface area contributed by atoms with Crippen LogP contribution in [0.3, 0.4) is 0 Å². The number of nitrogens with zero attached hydrogens (tertiary/aromatic N) is 3. The summed E-state index contributed by atoms with van der Waals surface area (Å²) < 4.78 is 35.0. The third kappa shape index (κ3) is 3.98. The topological polar surface area (TPSA) is 88.9 Å². The van der Waals surface area contributed by atoms with Gasteiger partial charge < -0.3 is 9.64 Å². The first-order valence-corrected chi connectivity index (χ1v) is 12.1. The zero-order valence-electron chi connectivity index (χ0n) is 16.4. The first-order chi connectivity index (χ1) is 13.9. The number of aromatic nitrogens is 1. The second-order valence-electron chi connectivity index (χ2n) is 7.54. The number of rotatable bonds is 4. The van der Waals surface area contributed by atoms with Crippen LogP contribution in [0, 0.1) is 0 Å². The van der Waals surface area contributed by atoms with Crippen molar-refractivity contribution in [2.45, 2.75) is 43.7 Å². The van der Waals surface area contributed by atoms with Gasteiger partial charge in [0.2, 0.25) is 15.9 Å². The van der Waals surface area contributed by atoms with Crippen molar-refractivity contribution in [2.24, 2.45) is 0 Å². The van der Waals surface area contributed by atoms with Gasteiger partial charge in [0, 0.05) is 25.7 Å². The molecule has 2 aromatic rings. The highest BCUT2D eigenvalue weighted by Gasteiger charge is 2.31. The van der Waals surface area contributed by atoms with E-state index in [1.54, 1.807) is 27.4 Å². The second-order valence-corrected chi connectivity index (χ2v) is 10.4. The molecule has 158 valence electrons. The molecule has 8 nitrogen and oxygen atoms in total. The van der Waals surface area contributed by atoms with Crippen molar-refractivity contribution in [3.05, 3.63) is 27.9 Å². The Morgan fingerprint density at radius 1 is 1.21 bits per heavy atom. The maximum atomic E-state index is 13.1. The fraction of sp³-hybridized carbons (Fsp3) is 0.579. The van der Waals surface area contributed by atoms with Gasteiger partial charge in [0.05, 0.1) is 28.3 Å². The van der Waals surface area contributed by atoms with Gasteiger partial charge in [0.25, 0.3) is 0 Å². The molecule has 0 aliphatic carbocycles. The molecule has 0 radical (unpaired) electrons. The molecule has 0 unspecified atom stereocenters. The summed E-state index contributed by atoms with van der Waals surface area (Å²) in [6, 6.07) is 4.72. The Morgan fingerprint density at radius 2 is 1.97 bits per heavy atom. The predicted octanol–water partition coefficient (Wildman–Crippen LogP) is 1.48. The van der Waals surface area contributed by atoms with E-state index in [-0.39, 0.29) is 28.3 Å². The Labute approximate surface area is 173 Å². The molecule has 2 aliphatic rings. The summed E-state index contributed by atoms with van der Waals surface area (Å²) >= 11 is 0.974. The summed E-state index contributed by atoms with van der Waals surface area (Å²) in [6.07, 6.45) is 2.75. The first kappa shape index (κ1) is 20.5. The van der Waals surface area contributed by atoms with Gasteiger partial charge in [-0.15, -0.1) is 0 Å².